The molecule has 1 unspecified atom stereocenters. The van der Waals surface area contributed by atoms with Crippen LogP contribution in [0.4, 0.5) is 0 Å². The maximum Gasteiger partial charge on any atom is 0.242 e. The van der Waals surface area contributed by atoms with Gasteiger partial charge in [0, 0.05) is 35.1 Å². The van der Waals surface area contributed by atoms with Crippen molar-refractivity contribution >= 4 is 35.0 Å². The SMILES string of the molecule is CCNC(=O)C(CC)N(Cc1c(Cl)cccc1Cl)C(=O)CCc1ccc(C(C)C)cc1. The fourth-order valence-electron chi connectivity index (χ4n) is 3.53. The third kappa shape index (κ3) is 6.98. The minimum absolute atomic E-state index is 0.0953. The molecule has 4 nitrogen and oxygen atoms in total. The number of nitrogens with zero attached hydrogens (tertiary/aromatic N) is 1. The fourth-order valence-corrected chi connectivity index (χ4v) is 4.05. The van der Waals surface area contributed by atoms with Crippen LogP contribution in [0.3, 0.4) is 0 Å². The van der Waals surface area contributed by atoms with E-state index < -0.39 is 6.04 Å². The molecular weight excluding hydrogens is 431 g/mol. The van der Waals surface area contributed by atoms with Gasteiger partial charge in [0.05, 0.1) is 0 Å². The zero-order valence-corrected chi connectivity index (χ0v) is 20.3. The third-order valence-electron chi connectivity index (χ3n) is 5.40. The largest absolute Gasteiger partial charge is 0.355 e. The second kappa shape index (κ2) is 12.1. The first-order chi connectivity index (χ1) is 14.8. The van der Waals surface area contributed by atoms with Crippen LogP contribution in [-0.4, -0.2) is 29.3 Å². The number of hydrogen-bond acceptors (Lipinski definition) is 2. The zero-order valence-electron chi connectivity index (χ0n) is 18.8. The second-order valence-electron chi connectivity index (χ2n) is 7.94. The Bertz CT molecular complexity index is 861. The molecule has 0 heterocycles. The highest BCUT2D eigenvalue weighted by molar-refractivity contribution is 6.36. The molecule has 2 aromatic rings. The Hall–Kier alpha value is -2.04. The lowest BCUT2D eigenvalue weighted by molar-refractivity contribution is -0.141. The topological polar surface area (TPSA) is 49.4 Å². The van der Waals surface area contributed by atoms with Crippen LogP contribution in [0.1, 0.15) is 63.1 Å². The van der Waals surface area contributed by atoms with Gasteiger partial charge in [-0.1, -0.05) is 74.3 Å². The summed E-state index contributed by atoms with van der Waals surface area (Å²) in [6.07, 6.45) is 1.41. The fraction of sp³-hybridized carbons (Fsp3) is 0.440. The molecule has 0 fully saturated rings. The van der Waals surface area contributed by atoms with Crippen LogP contribution in [0.15, 0.2) is 42.5 Å². The van der Waals surface area contributed by atoms with Crippen molar-refractivity contribution in [1.82, 2.24) is 10.2 Å². The van der Waals surface area contributed by atoms with Crippen molar-refractivity contribution in [2.45, 2.75) is 65.5 Å². The van der Waals surface area contributed by atoms with Gasteiger partial charge in [0.2, 0.25) is 11.8 Å². The Morgan fingerprint density at radius 1 is 1.00 bits per heavy atom. The highest BCUT2D eigenvalue weighted by Crippen LogP contribution is 2.27. The number of carbonyl (C=O) groups is 2. The number of benzene rings is 2. The van der Waals surface area contributed by atoms with Crippen LogP contribution in [0.2, 0.25) is 10.0 Å². The molecule has 6 heteroatoms. The summed E-state index contributed by atoms with van der Waals surface area (Å²) in [6, 6.07) is 13.0. The molecule has 0 radical (unpaired) electrons. The third-order valence-corrected chi connectivity index (χ3v) is 6.11. The van der Waals surface area contributed by atoms with Gasteiger partial charge in [-0.25, -0.2) is 0 Å². The van der Waals surface area contributed by atoms with Gasteiger partial charge in [-0.05, 0) is 48.9 Å². The van der Waals surface area contributed by atoms with Crippen molar-refractivity contribution in [2.24, 2.45) is 0 Å². The van der Waals surface area contributed by atoms with Gasteiger partial charge in [0.1, 0.15) is 6.04 Å². The summed E-state index contributed by atoms with van der Waals surface area (Å²) in [6.45, 7) is 8.78. The molecule has 0 aliphatic carbocycles. The first-order valence-electron chi connectivity index (χ1n) is 10.9. The first-order valence-corrected chi connectivity index (χ1v) is 11.6. The summed E-state index contributed by atoms with van der Waals surface area (Å²) in [5.41, 5.74) is 3.02. The molecule has 0 bridgehead atoms. The molecule has 2 aromatic carbocycles. The molecule has 31 heavy (non-hydrogen) atoms. The van der Waals surface area contributed by atoms with Gasteiger partial charge in [-0.15, -0.1) is 0 Å². The smallest absolute Gasteiger partial charge is 0.242 e. The van der Waals surface area contributed by atoms with Gasteiger partial charge in [-0.3, -0.25) is 9.59 Å². The maximum atomic E-state index is 13.3. The van der Waals surface area contributed by atoms with Gasteiger partial charge in [0.15, 0.2) is 0 Å². The van der Waals surface area contributed by atoms with Crippen LogP contribution >= 0.6 is 23.2 Å². The number of likely N-dealkylation sites (N-methyl/N-ethyl adjacent to an activating group) is 1. The number of nitrogens with one attached hydrogen (secondary N) is 1. The number of halogens is 2. The molecule has 0 saturated carbocycles. The monoisotopic (exact) mass is 462 g/mol. The molecule has 2 rings (SSSR count). The van der Waals surface area contributed by atoms with E-state index in [1.165, 1.54) is 5.56 Å². The zero-order chi connectivity index (χ0) is 23.0. The Morgan fingerprint density at radius 3 is 2.13 bits per heavy atom. The summed E-state index contributed by atoms with van der Waals surface area (Å²) < 4.78 is 0. The average Bonchev–Trinajstić information content (AvgIpc) is 2.74. The molecule has 0 aromatic heterocycles. The molecule has 1 atom stereocenters. The standard InChI is InChI=1S/C25H32Cl2N2O2/c1-5-23(25(31)28-6-2)29(16-20-21(26)8-7-9-22(20)27)24(30)15-12-18-10-13-19(14-11-18)17(3)4/h7-11,13-14,17,23H,5-6,12,15-16H2,1-4H3,(H,28,31). The van der Waals surface area contributed by atoms with Crippen molar-refractivity contribution in [3.8, 4) is 0 Å². The van der Waals surface area contributed by atoms with Crippen LogP contribution in [0.5, 0.6) is 0 Å². The number of aryl methyl sites for hydroxylation is 1. The van der Waals surface area contributed by atoms with Gasteiger partial charge in [0.25, 0.3) is 0 Å². The van der Waals surface area contributed by atoms with Crippen molar-refractivity contribution in [3.05, 3.63) is 69.2 Å². The lowest BCUT2D eigenvalue weighted by Gasteiger charge is -2.31. The van der Waals surface area contributed by atoms with Crippen LogP contribution in [0, 0.1) is 0 Å². The Balaban J connectivity index is 2.23. The van der Waals surface area contributed by atoms with Gasteiger partial charge in [-0.2, -0.15) is 0 Å². The molecule has 0 spiro atoms. The molecule has 0 aliphatic rings. The molecule has 0 saturated heterocycles. The quantitative estimate of drug-likeness (QED) is 0.470. The lowest BCUT2D eigenvalue weighted by Crippen LogP contribution is -2.49. The summed E-state index contributed by atoms with van der Waals surface area (Å²) in [5.74, 6) is 0.207. The number of hydrogen-bond donors (Lipinski definition) is 1. The van der Waals surface area contributed by atoms with Gasteiger partial charge >= 0.3 is 0 Å². The lowest BCUT2D eigenvalue weighted by atomic mass is 10.00. The second-order valence-corrected chi connectivity index (χ2v) is 8.75. The van der Waals surface area contributed by atoms with Crippen LogP contribution in [0.25, 0.3) is 0 Å². The minimum atomic E-state index is -0.580. The molecule has 2 amide bonds. The maximum absolute atomic E-state index is 13.3. The summed E-state index contributed by atoms with van der Waals surface area (Å²) in [7, 11) is 0. The van der Waals surface area contributed by atoms with Crippen LogP contribution in [-0.2, 0) is 22.6 Å². The highest BCUT2D eigenvalue weighted by Gasteiger charge is 2.29. The summed E-state index contributed by atoms with van der Waals surface area (Å²) in [4.78, 5) is 27.6. The molecule has 0 aliphatic heterocycles. The molecule has 1 N–H and O–H groups in total. The minimum Gasteiger partial charge on any atom is -0.355 e. The van der Waals surface area contributed by atoms with Crippen molar-refractivity contribution in [2.75, 3.05) is 6.54 Å². The predicted molar refractivity (Wildman–Crippen MR) is 129 cm³/mol. The van der Waals surface area contributed by atoms with E-state index in [0.29, 0.717) is 47.3 Å². The first kappa shape index (κ1) is 25.2. The number of rotatable bonds is 10. The van der Waals surface area contributed by atoms with Crippen LogP contribution < -0.4 is 5.32 Å². The number of carbonyl (C=O) groups excluding carboxylic acids is 2. The highest BCUT2D eigenvalue weighted by atomic mass is 35.5. The van der Waals surface area contributed by atoms with Crippen molar-refractivity contribution in [1.29, 1.82) is 0 Å². The molecule has 168 valence electrons. The Kier molecular flexibility index (Phi) is 9.86. The van der Waals surface area contributed by atoms with E-state index in [1.54, 1.807) is 23.1 Å². The normalized spacial score (nSPS) is 12.0. The number of amides is 2. The van der Waals surface area contributed by atoms with E-state index in [9.17, 15) is 9.59 Å². The predicted octanol–water partition coefficient (Wildman–Crippen LogP) is 5.99. The van der Waals surface area contributed by atoms with Gasteiger partial charge < -0.3 is 10.2 Å². The van der Waals surface area contributed by atoms with E-state index in [1.807, 2.05) is 13.8 Å². The summed E-state index contributed by atoms with van der Waals surface area (Å²) in [5, 5.41) is 3.81. The van der Waals surface area contributed by atoms with E-state index in [0.717, 1.165) is 5.56 Å². The average molecular weight is 463 g/mol. The molecular formula is C25H32Cl2N2O2. The van der Waals surface area contributed by atoms with Crippen molar-refractivity contribution < 1.29 is 9.59 Å². The van der Waals surface area contributed by atoms with E-state index in [2.05, 4.69) is 43.4 Å². The van der Waals surface area contributed by atoms with Crippen molar-refractivity contribution in [3.63, 3.8) is 0 Å². The van der Waals surface area contributed by atoms with E-state index in [4.69, 9.17) is 23.2 Å². The van der Waals surface area contributed by atoms with E-state index >= 15 is 0 Å². The van der Waals surface area contributed by atoms with E-state index in [-0.39, 0.29) is 18.4 Å². The summed E-state index contributed by atoms with van der Waals surface area (Å²) >= 11 is 12.7. The Morgan fingerprint density at radius 2 is 1.61 bits per heavy atom. The Labute approximate surface area is 195 Å².